The molecule has 22 heavy (non-hydrogen) atoms. The van der Waals surface area contributed by atoms with Crippen molar-refractivity contribution in [1.82, 2.24) is 10.6 Å². The summed E-state index contributed by atoms with van der Waals surface area (Å²) in [5.74, 6) is -0.596. The Kier molecular flexibility index (Phi) is 6.91. The maximum atomic E-state index is 13.5. The zero-order chi connectivity index (χ0) is 16.9. The molecule has 0 bridgehead atoms. The van der Waals surface area contributed by atoms with E-state index in [0.717, 1.165) is 0 Å². The Morgan fingerprint density at radius 1 is 1.32 bits per heavy atom. The molecule has 0 aliphatic carbocycles. The van der Waals surface area contributed by atoms with Crippen LogP contribution in [0.1, 0.15) is 45.2 Å². The minimum absolute atomic E-state index is 0.0682. The van der Waals surface area contributed by atoms with Crippen LogP contribution in [-0.4, -0.2) is 23.3 Å². The molecule has 2 amide bonds. The lowest BCUT2D eigenvalue weighted by atomic mass is 9.98. The second kappa shape index (κ2) is 7.99. The summed E-state index contributed by atoms with van der Waals surface area (Å²) in [5.41, 5.74) is -0.495. The van der Waals surface area contributed by atoms with Gasteiger partial charge in [0.05, 0.1) is 16.7 Å². The standard InChI is InChI=1S/C15H21Cl2FN2O2/c1-4-15(22,5-2)8-19-14(21)20-9(3)10-6-13(18)12(17)7-11(10)16/h6-7,9,22H,4-5,8H2,1-3H3,(H2,19,20,21). The van der Waals surface area contributed by atoms with Crippen molar-refractivity contribution in [2.45, 2.75) is 45.3 Å². The number of rotatable bonds is 6. The highest BCUT2D eigenvalue weighted by Gasteiger charge is 2.23. The van der Waals surface area contributed by atoms with Gasteiger partial charge in [0.25, 0.3) is 0 Å². The molecule has 0 saturated carbocycles. The highest BCUT2D eigenvalue weighted by Crippen LogP contribution is 2.28. The smallest absolute Gasteiger partial charge is 0.315 e. The van der Waals surface area contributed by atoms with Gasteiger partial charge < -0.3 is 15.7 Å². The van der Waals surface area contributed by atoms with Crippen molar-refractivity contribution < 1.29 is 14.3 Å². The number of halogens is 3. The molecule has 1 aromatic carbocycles. The lowest BCUT2D eigenvalue weighted by molar-refractivity contribution is 0.0349. The largest absolute Gasteiger partial charge is 0.388 e. The third-order valence-corrected chi connectivity index (χ3v) is 4.36. The van der Waals surface area contributed by atoms with Gasteiger partial charge in [0.15, 0.2) is 0 Å². The van der Waals surface area contributed by atoms with Crippen molar-refractivity contribution in [2.75, 3.05) is 6.54 Å². The molecule has 0 radical (unpaired) electrons. The van der Waals surface area contributed by atoms with E-state index in [2.05, 4.69) is 10.6 Å². The first-order valence-corrected chi connectivity index (χ1v) is 7.89. The maximum Gasteiger partial charge on any atom is 0.315 e. The van der Waals surface area contributed by atoms with Gasteiger partial charge in [-0.1, -0.05) is 37.0 Å². The predicted octanol–water partition coefficient (Wildman–Crippen LogP) is 4.04. The molecule has 0 aliphatic heterocycles. The van der Waals surface area contributed by atoms with Crippen LogP contribution in [0.3, 0.4) is 0 Å². The van der Waals surface area contributed by atoms with E-state index in [4.69, 9.17) is 23.2 Å². The lowest BCUT2D eigenvalue weighted by Crippen LogP contribution is -2.46. The zero-order valence-corrected chi connectivity index (χ0v) is 14.4. The number of nitrogens with one attached hydrogen (secondary N) is 2. The first-order chi connectivity index (χ1) is 10.2. The van der Waals surface area contributed by atoms with E-state index < -0.39 is 23.5 Å². The average molecular weight is 351 g/mol. The Bertz CT molecular complexity index is 537. The van der Waals surface area contributed by atoms with Crippen LogP contribution in [0.15, 0.2) is 12.1 Å². The summed E-state index contributed by atoms with van der Waals surface area (Å²) in [6, 6.07) is 1.54. The Morgan fingerprint density at radius 2 is 1.91 bits per heavy atom. The van der Waals surface area contributed by atoms with Gasteiger partial charge in [-0.25, -0.2) is 9.18 Å². The van der Waals surface area contributed by atoms with Crippen LogP contribution >= 0.6 is 23.2 Å². The molecular formula is C15H21Cl2FN2O2. The van der Waals surface area contributed by atoms with Crippen molar-refractivity contribution in [3.05, 3.63) is 33.6 Å². The Hall–Kier alpha value is -1.04. The van der Waals surface area contributed by atoms with E-state index in [0.29, 0.717) is 18.4 Å². The van der Waals surface area contributed by atoms with Gasteiger partial charge >= 0.3 is 6.03 Å². The quantitative estimate of drug-likeness (QED) is 0.678. The molecule has 1 rings (SSSR count). The number of carbonyl (C=O) groups excluding carboxylic acids is 1. The van der Waals surface area contributed by atoms with Gasteiger partial charge in [-0.3, -0.25) is 0 Å². The van der Waals surface area contributed by atoms with Crippen LogP contribution in [0.25, 0.3) is 0 Å². The van der Waals surface area contributed by atoms with Gasteiger partial charge in [0.1, 0.15) is 5.82 Å². The zero-order valence-electron chi connectivity index (χ0n) is 12.8. The Labute approximate surface area is 140 Å². The summed E-state index contributed by atoms with van der Waals surface area (Å²) in [7, 11) is 0. The molecule has 4 nitrogen and oxygen atoms in total. The number of aliphatic hydroxyl groups is 1. The molecule has 1 atom stereocenters. The van der Waals surface area contributed by atoms with Gasteiger partial charge in [0, 0.05) is 11.6 Å². The van der Waals surface area contributed by atoms with E-state index in [1.807, 2.05) is 13.8 Å². The molecule has 3 N–H and O–H groups in total. The number of benzene rings is 1. The average Bonchev–Trinajstić information content (AvgIpc) is 2.48. The van der Waals surface area contributed by atoms with E-state index >= 15 is 0 Å². The van der Waals surface area contributed by atoms with Crippen LogP contribution in [-0.2, 0) is 0 Å². The molecule has 0 aliphatic rings. The molecule has 0 spiro atoms. The molecule has 7 heteroatoms. The number of urea groups is 1. The number of hydrogen-bond donors (Lipinski definition) is 3. The number of hydrogen-bond acceptors (Lipinski definition) is 2. The fourth-order valence-corrected chi connectivity index (χ4v) is 2.49. The van der Waals surface area contributed by atoms with Gasteiger partial charge in [-0.05, 0) is 37.5 Å². The van der Waals surface area contributed by atoms with Crippen LogP contribution in [0.5, 0.6) is 0 Å². The van der Waals surface area contributed by atoms with Crippen molar-refractivity contribution in [1.29, 1.82) is 0 Å². The summed E-state index contributed by atoms with van der Waals surface area (Å²) >= 11 is 11.7. The van der Waals surface area contributed by atoms with Crippen molar-refractivity contribution in [2.24, 2.45) is 0 Å². The Balaban J connectivity index is 2.67. The van der Waals surface area contributed by atoms with Crippen LogP contribution in [0, 0.1) is 5.82 Å². The molecule has 124 valence electrons. The molecule has 0 heterocycles. The first-order valence-electron chi connectivity index (χ1n) is 7.13. The second-order valence-electron chi connectivity index (χ2n) is 5.27. The topological polar surface area (TPSA) is 61.4 Å². The van der Waals surface area contributed by atoms with Crippen molar-refractivity contribution in [3.63, 3.8) is 0 Å². The van der Waals surface area contributed by atoms with Crippen LogP contribution in [0.4, 0.5) is 9.18 Å². The third-order valence-electron chi connectivity index (χ3n) is 3.75. The summed E-state index contributed by atoms with van der Waals surface area (Å²) in [6.07, 6.45) is 1.07. The normalized spacial score (nSPS) is 12.9. The molecule has 0 saturated heterocycles. The lowest BCUT2D eigenvalue weighted by Gasteiger charge is -2.26. The van der Waals surface area contributed by atoms with E-state index in [9.17, 15) is 14.3 Å². The fraction of sp³-hybridized carbons (Fsp3) is 0.533. The summed E-state index contributed by atoms with van der Waals surface area (Å²) in [4.78, 5) is 11.9. The summed E-state index contributed by atoms with van der Waals surface area (Å²) in [6.45, 7) is 5.52. The Morgan fingerprint density at radius 3 is 2.45 bits per heavy atom. The monoisotopic (exact) mass is 350 g/mol. The number of amides is 2. The fourth-order valence-electron chi connectivity index (χ4n) is 1.94. The molecule has 0 aromatic heterocycles. The summed E-state index contributed by atoms with van der Waals surface area (Å²) < 4.78 is 13.5. The highest BCUT2D eigenvalue weighted by molar-refractivity contribution is 6.35. The van der Waals surface area contributed by atoms with E-state index in [1.165, 1.54) is 12.1 Å². The second-order valence-corrected chi connectivity index (χ2v) is 6.08. The minimum atomic E-state index is -0.926. The minimum Gasteiger partial charge on any atom is -0.388 e. The maximum absolute atomic E-state index is 13.5. The molecule has 0 fully saturated rings. The van der Waals surface area contributed by atoms with Crippen molar-refractivity contribution in [3.8, 4) is 0 Å². The predicted molar refractivity (Wildman–Crippen MR) is 86.9 cm³/mol. The van der Waals surface area contributed by atoms with Crippen molar-refractivity contribution >= 4 is 29.2 Å². The SMILES string of the molecule is CCC(O)(CC)CNC(=O)NC(C)c1cc(F)c(Cl)cc1Cl. The molecule has 1 unspecified atom stereocenters. The van der Waals surface area contributed by atoms with Gasteiger partial charge in [-0.15, -0.1) is 0 Å². The highest BCUT2D eigenvalue weighted by atomic mass is 35.5. The summed E-state index contributed by atoms with van der Waals surface area (Å²) in [5, 5.41) is 15.6. The van der Waals surface area contributed by atoms with Crippen LogP contribution < -0.4 is 10.6 Å². The molecule has 1 aromatic rings. The van der Waals surface area contributed by atoms with Gasteiger partial charge in [0.2, 0.25) is 0 Å². The number of carbonyl (C=O) groups is 1. The van der Waals surface area contributed by atoms with Crippen LogP contribution in [0.2, 0.25) is 10.0 Å². The third kappa shape index (κ3) is 5.00. The van der Waals surface area contributed by atoms with E-state index in [-0.39, 0.29) is 16.6 Å². The van der Waals surface area contributed by atoms with Gasteiger partial charge in [-0.2, -0.15) is 0 Å². The molecular weight excluding hydrogens is 330 g/mol. The van der Waals surface area contributed by atoms with E-state index in [1.54, 1.807) is 6.92 Å². The first kappa shape index (κ1) is 19.0.